The molecule has 0 fully saturated rings. The minimum atomic E-state index is -0.301. The highest BCUT2D eigenvalue weighted by atomic mass is 32.2. The first-order valence-electron chi connectivity index (χ1n) is 7.83. The minimum Gasteiger partial charge on any atom is -0.307 e. The van der Waals surface area contributed by atoms with Gasteiger partial charge in [0.1, 0.15) is 11.5 Å². The first-order valence-corrected chi connectivity index (χ1v) is 8.82. The smallest absolute Gasteiger partial charge is 0.191 e. The molecule has 0 saturated heterocycles. The zero-order chi connectivity index (χ0) is 17.4. The molecule has 25 heavy (non-hydrogen) atoms. The van der Waals surface area contributed by atoms with Crippen molar-refractivity contribution < 1.29 is 4.39 Å². The van der Waals surface area contributed by atoms with Crippen LogP contribution in [0.3, 0.4) is 0 Å². The van der Waals surface area contributed by atoms with Crippen LogP contribution in [0.5, 0.6) is 0 Å². The van der Waals surface area contributed by atoms with E-state index < -0.39 is 0 Å². The normalized spacial score (nSPS) is 11.3. The van der Waals surface area contributed by atoms with Gasteiger partial charge in [-0.2, -0.15) is 0 Å². The molecule has 0 aliphatic carbocycles. The van der Waals surface area contributed by atoms with Crippen LogP contribution in [0.2, 0.25) is 0 Å². The molecule has 3 aromatic heterocycles. The number of pyridine rings is 1. The van der Waals surface area contributed by atoms with E-state index in [0.717, 1.165) is 16.5 Å². The molecule has 7 heteroatoms. The van der Waals surface area contributed by atoms with Gasteiger partial charge in [-0.3, -0.25) is 0 Å². The van der Waals surface area contributed by atoms with Crippen molar-refractivity contribution in [1.29, 1.82) is 0 Å². The summed E-state index contributed by atoms with van der Waals surface area (Å²) in [5.41, 5.74) is 3.52. The Bertz CT molecular complexity index is 1050. The summed E-state index contributed by atoms with van der Waals surface area (Å²) in [5.74, 6) is 0.890. The first kappa shape index (κ1) is 15.8. The zero-order valence-corrected chi connectivity index (χ0v) is 14.7. The second-order valence-electron chi connectivity index (χ2n) is 5.84. The maximum atomic E-state index is 14.0. The Labute approximate surface area is 148 Å². The van der Waals surface area contributed by atoms with E-state index in [1.165, 1.54) is 23.4 Å². The summed E-state index contributed by atoms with van der Waals surface area (Å²) in [6, 6.07) is 10.6. The van der Waals surface area contributed by atoms with Crippen LogP contribution in [0.25, 0.3) is 17.0 Å². The fraction of sp³-hybridized carbons (Fsp3) is 0.167. The van der Waals surface area contributed by atoms with Crippen molar-refractivity contribution in [3.05, 3.63) is 65.9 Å². The van der Waals surface area contributed by atoms with Crippen molar-refractivity contribution in [3.63, 3.8) is 0 Å². The summed E-state index contributed by atoms with van der Waals surface area (Å²) in [6.45, 7) is 2.05. The Morgan fingerprint density at radius 1 is 1.08 bits per heavy atom. The average molecular weight is 353 g/mol. The third-order valence-electron chi connectivity index (χ3n) is 3.95. The van der Waals surface area contributed by atoms with E-state index in [-0.39, 0.29) is 5.82 Å². The van der Waals surface area contributed by atoms with E-state index in [9.17, 15) is 4.39 Å². The lowest BCUT2D eigenvalue weighted by Gasteiger charge is -2.04. The molecule has 0 radical (unpaired) electrons. The zero-order valence-electron chi connectivity index (χ0n) is 13.8. The fourth-order valence-electron chi connectivity index (χ4n) is 2.68. The molecule has 5 nitrogen and oxygen atoms in total. The number of halogens is 1. The highest BCUT2D eigenvalue weighted by Gasteiger charge is 2.15. The molecule has 0 atom stereocenters. The predicted molar refractivity (Wildman–Crippen MR) is 95.9 cm³/mol. The monoisotopic (exact) mass is 353 g/mol. The number of thioether (sulfide) groups is 1. The van der Waals surface area contributed by atoms with E-state index in [4.69, 9.17) is 0 Å². The Morgan fingerprint density at radius 3 is 2.76 bits per heavy atom. The van der Waals surface area contributed by atoms with Crippen LogP contribution in [-0.4, -0.2) is 24.1 Å². The largest absolute Gasteiger partial charge is 0.307 e. The Morgan fingerprint density at radius 2 is 1.92 bits per heavy atom. The summed E-state index contributed by atoms with van der Waals surface area (Å²) < 4.78 is 17.8. The quantitative estimate of drug-likeness (QED) is 0.523. The Hall–Kier alpha value is -2.67. The van der Waals surface area contributed by atoms with Gasteiger partial charge in [0.2, 0.25) is 0 Å². The van der Waals surface area contributed by atoms with E-state index in [2.05, 4.69) is 28.3 Å². The van der Waals surface area contributed by atoms with E-state index >= 15 is 0 Å². The Kier molecular flexibility index (Phi) is 4.01. The number of imidazole rings is 1. The van der Waals surface area contributed by atoms with Crippen molar-refractivity contribution in [1.82, 2.24) is 24.1 Å². The number of benzene rings is 1. The summed E-state index contributed by atoms with van der Waals surface area (Å²) in [7, 11) is 1.84. The molecule has 126 valence electrons. The summed E-state index contributed by atoms with van der Waals surface area (Å²) >= 11 is 1.53. The number of nitrogens with zero attached hydrogens (tertiary/aromatic N) is 5. The van der Waals surface area contributed by atoms with Crippen molar-refractivity contribution in [2.24, 2.45) is 7.05 Å². The number of fused-ring (bicyclic) bond motifs is 1. The second-order valence-corrected chi connectivity index (χ2v) is 6.78. The van der Waals surface area contributed by atoms with Crippen LogP contribution in [0, 0.1) is 12.7 Å². The maximum absolute atomic E-state index is 14.0. The van der Waals surface area contributed by atoms with Crippen molar-refractivity contribution >= 4 is 17.4 Å². The van der Waals surface area contributed by atoms with E-state index in [1.807, 2.05) is 34.3 Å². The van der Waals surface area contributed by atoms with Crippen LogP contribution >= 0.6 is 11.8 Å². The first-order chi connectivity index (χ1) is 12.1. The van der Waals surface area contributed by atoms with Gasteiger partial charge in [-0.25, -0.2) is 9.37 Å². The fourth-order valence-corrected chi connectivity index (χ4v) is 3.48. The second kappa shape index (κ2) is 6.33. The molecule has 3 heterocycles. The summed E-state index contributed by atoms with van der Waals surface area (Å²) in [6.07, 6.45) is 4.07. The molecule has 0 bridgehead atoms. The molecule has 0 aliphatic heterocycles. The van der Waals surface area contributed by atoms with Crippen LogP contribution in [0.4, 0.5) is 4.39 Å². The molecular formula is C18H16FN5S. The van der Waals surface area contributed by atoms with Gasteiger partial charge >= 0.3 is 0 Å². The van der Waals surface area contributed by atoms with Crippen molar-refractivity contribution in [2.75, 3.05) is 0 Å². The summed E-state index contributed by atoms with van der Waals surface area (Å²) in [4.78, 5) is 4.60. The lowest BCUT2D eigenvalue weighted by atomic mass is 10.2. The molecule has 1 aromatic carbocycles. The lowest BCUT2D eigenvalue weighted by Crippen LogP contribution is -1.96. The molecule has 0 unspecified atom stereocenters. The molecule has 0 aliphatic rings. The SMILES string of the molecule is Cc1ccc2nc(CSc3nnc(-c4ccccc4F)n3C)cn2c1. The highest BCUT2D eigenvalue weighted by Crippen LogP contribution is 2.26. The van der Waals surface area contributed by atoms with Crippen molar-refractivity contribution in [2.45, 2.75) is 17.8 Å². The predicted octanol–water partition coefficient (Wildman–Crippen LogP) is 3.87. The van der Waals surface area contributed by atoms with Gasteiger partial charge < -0.3 is 8.97 Å². The number of rotatable bonds is 4. The van der Waals surface area contributed by atoms with Crippen LogP contribution in [0.15, 0.2) is 53.9 Å². The standard InChI is InChI=1S/C18H16FN5S/c1-12-7-8-16-20-13(10-24(16)9-12)11-25-18-22-21-17(23(18)2)14-5-3-4-6-15(14)19/h3-10H,11H2,1-2H3. The molecular weight excluding hydrogens is 337 g/mol. The third-order valence-corrected chi connectivity index (χ3v) is 5.00. The van der Waals surface area contributed by atoms with Gasteiger partial charge in [0.25, 0.3) is 0 Å². The molecule has 0 spiro atoms. The molecule has 4 rings (SSSR count). The minimum absolute atomic E-state index is 0.301. The van der Waals surface area contributed by atoms with E-state index in [1.54, 1.807) is 18.2 Å². The third kappa shape index (κ3) is 3.02. The lowest BCUT2D eigenvalue weighted by molar-refractivity contribution is 0.628. The van der Waals surface area contributed by atoms with Crippen LogP contribution < -0.4 is 0 Å². The van der Waals surface area contributed by atoms with Crippen molar-refractivity contribution in [3.8, 4) is 11.4 Å². The van der Waals surface area contributed by atoms with Crippen LogP contribution in [0.1, 0.15) is 11.3 Å². The van der Waals surface area contributed by atoms with E-state index in [0.29, 0.717) is 17.1 Å². The van der Waals surface area contributed by atoms with Gasteiger partial charge in [0.05, 0.1) is 11.3 Å². The van der Waals surface area contributed by atoms with Gasteiger partial charge in [-0.1, -0.05) is 30.0 Å². The summed E-state index contributed by atoms with van der Waals surface area (Å²) in [5, 5.41) is 9.06. The molecule has 0 N–H and O–H groups in total. The number of aromatic nitrogens is 5. The molecule has 0 saturated carbocycles. The Balaban J connectivity index is 1.56. The topological polar surface area (TPSA) is 48.0 Å². The van der Waals surface area contributed by atoms with Crippen LogP contribution in [-0.2, 0) is 12.8 Å². The van der Waals surface area contributed by atoms with Gasteiger partial charge in [0, 0.05) is 25.2 Å². The van der Waals surface area contributed by atoms with Gasteiger partial charge in [-0.15, -0.1) is 10.2 Å². The van der Waals surface area contributed by atoms with Gasteiger partial charge in [0.15, 0.2) is 11.0 Å². The molecule has 0 amide bonds. The molecule has 4 aromatic rings. The number of aryl methyl sites for hydroxylation is 1. The number of hydrogen-bond acceptors (Lipinski definition) is 4. The van der Waals surface area contributed by atoms with Gasteiger partial charge in [-0.05, 0) is 30.7 Å². The number of hydrogen-bond donors (Lipinski definition) is 0. The highest BCUT2D eigenvalue weighted by molar-refractivity contribution is 7.98. The average Bonchev–Trinajstić information content (AvgIpc) is 3.16. The maximum Gasteiger partial charge on any atom is 0.191 e.